The maximum Gasteiger partial charge on any atom is 0.490 e. The third-order valence-corrected chi connectivity index (χ3v) is 26.3. The number of nitrogens with zero attached hydrogens (tertiary/aromatic N) is 7. The van der Waals surface area contributed by atoms with Crippen LogP contribution in [0.1, 0.15) is 160 Å². The van der Waals surface area contributed by atoms with Crippen molar-refractivity contribution in [2.24, 2.45) is 10.9 Å². The first-order valence-electron chi connectivity index (χ1n) is 37.3. The number of amides is 7. The molecule has 4 aromatic rings. The summed E-state index contributed by atoms with van der Waals surface area (Å²) in [5.41, 5.74) is 16.3. The number of carbonyl (C=O) groups is 10. The predicted octanol–water partition coefficient (Wildman–Crippen LogP) is 4.96. The van der Waals surface area contributed by atoms with E-state index in [0.29, 0.717) is 37.1 Å². The molecule has 12 atom stereocenters. The molecule has 3 saturated heterocycles. The van der Waals surface area contributed by atoms with Crippen LogP contribution >= 0.6 is 45.1 Å². The Morgan fingerprint density at radius 1 is 0.826 bits per heavy atom. The minimum Gasteiger partial charge on any atom is -0.481 e. The second-order valence-corrected chi connectivity index (χ2v) is 35.4. The summed E-state index contributed by atoms with van der Waals surface area (Å²) in [5.74, 6) is -3.51. The third kappa shape index (κ3) is 24.2. The highest BCUT2D eigenvalue weighted by molar-refractivity contribution is 8.76. The fourth-order valence-electron chi connectivity index (χ4n) is 14.7. The normalized spacial score (nSPS) is 21.4. The Morgan fingerprint density at radius 2 is 1.51 bits per heavy atom. The van der Waals surface area contributed by atoms with Gasteiger partial charge in [-0.05, 0) is 124 Å². The molecule has 2 aromatic carbocycles. The Labute approximate surface area is 669 Å². The number of carboxylic acids is 3. The fraction of sp³-hybridized carbons (Fsp3) is 0.521. The second kappa shape index (κ2) is 40.4. The van der Waals surface area contributed by atoms with Crippen LogP contribution in [0.3, 0.4) is 0 Å². The maximum absolute atomic E-state index is 14.7. The quantitative estimate of drug-likeness (QED) is 0.0122. The lowest BCUT2D eigenvalue weighted by Gasteiger charge is -2.38. The van der Waals surface area contributed by atoms with Gasteiger partial charge in [-0.15, -0.1) is 0 Å². The van der Waals surface area contributed by atoms with Crippen LogP contribution < -0.4 is 27.0 Å². The van der Waals surface area contributed by atoms with Crippen molar-refractivity contribution in [3.63, 3.8) is 0 Å². The number of carboxylic acid groups (broad SMARTS) is 3. The standard InChI is InChI=1S/C73H95N12O25P3S2/c1-6-15-43-32-45-33-46-34-52(75-7-2)42(4)31-50(46)65(49(45)30-41(43)3)47-17-8-9-18-48(47)71(96)82(5)25-13-22-60(88)83-26-12-21-56(83)72(97)84-27-11-20-55(84)70(95)79-51(68(93)80-53(35-62(89)90)69(94)81-54(73(98)99)36-63(91)92)19-14-28-114-115-29-23-59(87)76-24-10-16-44-38-85(67-64(44)66(74)77-40-78-67)61-37-57(86)58(108-61)39-107-112(103,104)110-113(105,106)109-111(100,101)102/h8-9,17-18,30-32,34,38,40,50-51,53-58,61,65,86H,6-7,11-15,19-29,33,35-37,39H2,1-5H3,(H,76,87)(H,79,95)(H,80,93)(H,81,94)(H,89,90)(H,91,92)(H,98,99)(H,103,104)(H,105,106)(H2,74,77,78)(H2,100,101,102)/b75-52+/t50?,51?,53?,54?,55?,56?,57?,58-,61-,65?/m1/s1. The van der Waals surface area contributed by atoms with E-state index < -0.39 is 139 Å². The van der Waals surface area contributed by atoms with Crippen molar-refractivity contribution in [1.29, 1.82) is 0 Å². The van der Waals surface area contributed by atoms with Gasteiger partial charge in [0.2, 0.25) is 35.4 Å². The van der Waals surface area contributed by atoms with E-state index in [1.165, 1.54) is 70.0 Å². The van der Waals surface area contributed by atoms with Crippen molar-refractivity contribution in [3.05, 3.63) is 111 Å². The lowest BCUT2D eigenvalue weighted by atomic mass is 9.65. The number of hydrogen-bond donors (Lipinski definition) is 13. The summed E-state index contributed by atoms with van der Waals surface area (Å²) in [6, 6.07) is 4.77. The number of carbonyl (C=O) groups excluding carboxylic acids is 7. The molecule has 0 saturated carbocycles. The van der Waals surface area contributed by atoms with Crippen LogP contribution in [-0.2, 0) is 87.6 Å². The second-order valence-electron chi connectivity index (χ2n) is 28.2. The monoisotopic (exact) mass is 1700 g/mol. The van der Waals surface area contributed by atoms with Gasteiger partial charge in [0.1, 0.15) is 60.3 Å². The molecule has 0 bridgehead atoms. The van der Waals surface area contributed by atoms with Gasteiger partial charge in [0.25, 0.3) is 5.91 Å². The number of nitrogens with two attached hydrogens (primary N) is 1. The summed E-state index contributed by atoms with van der Waals surface area (Å²) in [4.78, 5) is 189. The number of likely N-dealkylation sites (tertiary alicyclic amines) is 2. The molecule has 2 aromatic heterocycles. The number of phosphoric ester groups is 1. The van der Waals surface area contributed by atoms with Crippen molar-refractivity contribution in [2.45, 2.75) is 179 Å². The number of aliphatic hydroxyl groups is 1. The first kappa shape index (κ1) is 90.2. The number of aliphatic carboxylic acids is 3. The summed E-state index contributed by atoms with van der Waals surface area (Å²) < 4.78 is 54.4. The molecule has 5 aliphatic rings. The van der Waals surface area contributed by atoms with Crippen molar-refractivity contribution in [1.82, 2.24) is 50.5 Å². The number of fused-ring (bicyclic) bond motifs is 3. The molecule has 2 aliphatic carbocycles. The van der Waals surface area contributed by atoms with E-state index in [0.717, 1.165) is 42.4 Å². The van der Waals surface area contributed by atoms with E-state index in [1.54, 1.807) is 11.9 Å². The maximum atomic E-state index is 14.7. The van der Waals surface area contributed by atoms with Gasteiger partial charge in [0, 0.05) is 87.6 Å². The molecule has 115 heavy (non-hydrogen) atoms. The van der Waals surface area contributed by atoms with E-state index >= 15 is 0 Å². The van der Waals surface area contributed by atoms with E-state index in [-0.39, 0.29) is 123 Å². The molecular weight excluding hydrogens is 1600 g/mol. The average molecular weight is 1700 g/mol. The number of aliphatic hydroxyl groups excluding tert-OH is 1. The van der Waals surface area contributed by atoms with Crippen molar-refractivity contribution >= 4 is 127 Å². The minimum atomic E-state index is -5.82. The SMILES string of the molecule is CCCc1cc2c(cc1C)C(c1ccccc1C(=O)N(C)CCCC(=O)N1CCCC1C(=O)N1CCCC1C(=O)NC(CCCSSCCC(=O)NCC#Cc1cn([C@H]3CC(O)[C@@H](COP(=O)(O)OP(=O)(O)OP(=O)(O)O)O3)c3ncnc(N)c13)C(=O)NC(CC(=O)O)C(=O)NC(CC(=O)O)C(=O)O)C1C=C(C)/C(=N/CC)C=C1C2. The highest BCUT2D eigenvalue weighted by Crippen LogP contribution is 2.66. The molecular formula is C73H95N12O25P3S2. The van der Waals surface area contributed by atoms with Crippen LogP contribution in [0.4, 0.5) is 5.82 Å². The Kier molecular flexibility index (Phi) is 31.7. The zero-order valence-corrected chi connectivity index (χ0v) is 68.0. The molecule has 37 nitrogen and oxygen atoms in total. The molecule has 7 amide bonds. The number of rotatable bonds is 38. The predicted molar refractivity (Wildman–Crippen MR) is 419 cm³/mol. The summed E-state index contributed by atoms with van der Waals surface area (Å²) >= 11 is 0. The van der Waals surface area contributed by atoms with Crippen LogP contribution in [-0.4, -0.2) is 235 Å². The van der Waals surface area contributed by atoms with Crippen molar-refractivity contribution in [3.8, 4) is 11.8 Å². The highest BCUT2D eigenvalue weighted by Gasteiger charge is 2.46. The van der Waals surface area contributed by atoms with Gasteiger partial charge in [0.15, 0.2) is 0 Å². The topological polar surface area (TPSA) is 548 Å². The van der Waals surface area contributed by atoms with Crippen molar-refractivity contribution in [2.75, 3.05) is 63.6 Å². The molecule has 0 spiro atoms. The van der Waals surface area contributed by atoms with Crippen LogP contribution in [0.25, 0.3) is 11.0 Å². The number of ether oxygens (including phenoxy) is 1. The van der Waals surface area contributed by atoms with Gasteiger partial charge in [-0.2, -0.15) is 8.62 Å². The molecule has 0 radical (unpaired) electrons. The average Bonchev–Trinajstić information content (AvgIpc) is 1.45. The largest absolute Gasteiger partial charge is 0.490 e. The number of hydrogen-bond acceptors (Lipinski definition) is 24. The van der Waals surface area contributed by atoms with Crippen molar-refractivity contribution < 1.29 is 120 Å². The summed E-state index contributed by atoms with van der Waals surface area (Å²) in [5, 5.41) is 49.3. The number of anilines is 1. The van der Waals surface area contributed by atoms with Gasteiger partial charge < -0.3 is 91.0 Å². The lowest BCUT2D eigenvalue weighted by molar-refractivity contribution is -0.148. The zero-order valence-electron chi connectivity index (χ0n) is 63.7. The van der Waals surface area contributed by atoms with Gasteiger partial charge in [-0.25, -0.2) is 28.5 Å². The summed E-state index contributed by atoms with van der Waals surface area (Å²) in [7, 11) is -12.8. The summed E-state index contributed by atoms with van der Waals surface area (Å²) in [6.45, 7) is 8.56. The molecule has 624 valence electrons. The number of nitrogen functional groups attached to an aromatic ring is 1. The number of nitrogens with one attached hydrogen (secondary N) is 4. The lowest BCUT2D eigenvalue weighted by Crippen LogP contribution is -2.58. The number of phosphoric acid groups is 3. The molecule has 5 heterocycles. The molecule has 10 unspecified atom stereocenters. The first-order valence-corrected chi connectivity index (χ1v) is 44.3. The van der Waals surface area contributed by atoms with Gasteiger partial charge in [0.05, 0.1) is 48.8 Å². The number of allylic oxidation sites excluding steroid dienone is 4. The first-order chi connectivity index (χ1) is 54.5. The van der Waals surface area contributed by atoms with Crippen LogP contribution in [0.2, 0.25) is 0 Å². The minimum absolute atomic E-state index is 0.00178. The Morgan fingerprint density at radius 3 is 2.22 bits per heavy atom. The van der Waals surface area contributed by atoms with Crippen LogP contribution in [0, 0.1) is 24.7 Å². The fourth-order valence-corrected chi connectivity index (χ4v) is 19.8. The Balaban J connectivity index is 0.789. The van der Waals surface area contributed by atoms with E-state index in [1.807, 2.05) is 36.5 Å². The third-order valence-electron chi connectivity index (χ3n) is 20.0. The highest BCUT2D eigenvalue weighted by atomic mass is 33.1. The van der Waals surface area contributed by atoms with Gasteiger partial charge in [-0.1, -0.05) is 88.8 Å². The van der Waals surface area contributed by atoms with Gasteiger partial charge in [-0.3, -0.25) is 52.7 Å². The molecule has 42 heteroatoms. The number of aliphatic imine (C=N–C) groups is 1. The van der Waals surface area contributed by atoms with Gasteiger partial charge >= 0.3 is 41.4 Å². The zero-order chi connectivity index (χ0) is 83.8. The number of aromatic nitrogens is 3. The van der Waals surface area contributed by atoms with E-state index in [9.17, 15) is 91.9 Å². The molecule has 3 aliphatic heterocycles. The molecule has 3 fully saturated rings. The van der Waals surface area contributed by atoms with Crippen LogP contribution in [0.5, 0.6) is 0 Å². The Bertz CT molecular complexity index is 4680. The smallest absolute Gasteiger partial charge is 0.481 e. The summed E-state index contributed by atoms with van der Waals surface area (Å²) in [6.07, 6.45) is 5.24. The molecule has 14 N–H and O–H groups in total. The number of aryl methyl sites for hydroxylation is 2. The van der Waals surface area contributed by atoms with Crippen LogP contribution in [0.15, 0.2) is 77.2 Å². The van der Waals surface area contributed by atoms with E-state index in [2.05, 4.69) is 96.0 Å². The van der Waals surface area contributed by atoms with E-state index in [4.69, 9.17) is 25.2 Å². The number of benzene rings is 2. The molecule has 9 rings (SSSR count). The Hall–Kier alpha value is -8.70.